The smallest absolute Gasteiger partial charge is 0.236 e. The average Bonchev–Trinajstić information content (AvgIpc) is 2.42. The van der Waals surface area contributed by atoms with Gasteiger partial charge in [-0.1, -0.05) is 33.6 Å². The molecule has 1 aliphatic rings. The summed E-state index contributed by atoms with van der Waals surface area (Å²) in [6.07, 6.45) is 7.01. The Morgan fingerprint density at radius 1 is 1.40 bits per heavy atom. The first kappa shape index (κ1) is 17.4. The van der Waals surface area contributed by atoms with E-state index in [-0.39, 0.29) is 11.9 Å². The highest BCUT2D eigenvalue weighted by Crippen LogP contribution is 2.17. The van der Waals surface area contributed by atoms with Gasteiger partial charge in [-0.3, -0.25) is 9.69 Å². The highest BCUT2D eigenvalue weighted by molar-refractivity contribution is 5.81. The Bertz CT molecular complexity index is 281. The molecule has 1 amide bonds. The SMILES string of the molecule is CCCCN1CCCCC1CNC(=O)[C@@H](N)CC(C)C. The lowest BCUT2D eigenvalue weighted by Crippen LogP contribution is -2.50. The van der Waals surface area contributed by atoms with Crippen molar-refractivity contribution in [3.8, 4) is 0 Å². The van der Waals surface area contributed by atoms with Gasteiger partial charge >= 0.3 is 0 Å². The maximum absolute atomic E-state index is 12.0. The molecule has 0 aromatic heterocycles. The molecule has 2 atom stereocenters. The molecule has 3 N–H and O–H groups in total. The van der Waals surface area contributed by atoms with Gasteiger partial charge < -0.3 is 11.1 Å². The molecule has 1 rings (SSSR count). The number of unbranched alkanes of at least 4 members (excludes halogenated alkanes) is 1. The number of amides is 1. The van der Waals surface area contributed by atoms with Gasteiger partial charge in [0, 0.05) is 12.6 Å². The summed E-state index contributed by atoms with van der Waals surface area (Å²) in [6, 6.07) is 0.146. The molecule has 0 saturated carbocycles. The molecule has 20 heavy (non-hydrogen) atoms. The van der Waals surface area contributed by atoms with Crippen molar-refractivity contribution in [1.82, 2.24) is 10.2 Å². The minimum absolute atomic E-state index is 0.0136. The summed E-state index contributed by atoms with van der Waals surface area (Å²) in [5.74, 6) is 0.478. The fourth-order valence-electron chi connectivity index (χ4n) is 2.91. The van der Waals surface area contributed by atoms with Gasteiger partial charge in [0.2, 0.25) is 5.91 Å². The first-order chi connectivity index (χ1) is 9.54. The topological polar surface area (TPSA) is 58.4 Å². The van der Waals surface area contributed by atoms with Gasteiger partial charge in [-0.15, -0.1) is 0 Å². The second kappa shape index (κ2) is 9.35. The number of carbonyl (C=O) groups excluding carboxylic acids is 1. The van der Waals surface area contributed by atoms with Crippen LogP contribution in [0.5, 0.6) is 0 Å². The summed E-state index contributed by atoms with van der Waals surface area (Å²) in [4.78, 5) is 14.5. The van der Waals surface area contributed by atoms with Crippen LogP contribution in [0.15, 0.2) is 0 Å². The first-order valence-electron chi connectivity index (χ1n) is 8.32. The van der Waals surface area contributed by atoms with E-state index in [0.29, 0.717) is 12.0 Å². The molecule has 1 aliphatic heterocycles. The van der Waals surface area contributed by atoms with Crippen LogP contribution in [-0.2, 0) is 4.79 Å². The van der Waals surface area contributed by atoms with Crippen molar-refractivity contribution in [2.24, 2.45) is 11.7 Å². The third-order valence-corrected chi connectivity index (χ3v) is 4.12. The van der Waals surface area contributed by atoms with Gasteiger partial charge in [0.05, 0.1) is 6.04 Å². The Hall–Kier alpha value is -0.610. The van der Waals surface area contributed by atoms with Crippen LogP contribution >= 0.6 is 0 Å². The second-order valence-electron chi connectivity index (χ2n) is 6.52. The third kappa shape index (κ3) is 6.23. The van der Waals surface area contributed by atoms with Crippen LogP contribution in [0.4, 0.5) is 0 Å². The van der Waals surface area contributed by atoms with Gasteiger partial charge in [-0.05, 0) is 44.7 Å². The van der Waals surface area contributed by atoms with Gasteiger partial charge in [-0.2, -0.15) is 0 Å². The molecule has 0 aromatic rings. The second-order valence-corrected chi connectivity index (χ2v) is 6.52. The van der Waals surface area contributed by atoms with Crippen LogP contribution in [0, 0.1) is 5.92 Å². The number of nitrogens with two attached hydrogens (primary N) is 1. The van der Waals surface area contributed by atoms with E-state index in [1.807, 2.05) is 0 Å². The van der Waals surface area contributed by atoms with Crippen LogP contribution in [0.1, 0.15) is 59.3 Å². The van der Waals surface area contributed by atoms with E-state index in [2.05, 4.69) is 31.0 Å². The monoisotopic (exact) mass is 283 g/mol. The highest BCUT2D eigenvalue weighted by atomic mass is 16.2. The zero-order valence-corrected chi connectivity index (χ0v) is 13.5. The molecule has 118 valence electrons. The van der Waals surface area contributed by atoms with Crippen molar-refractivity contribution >= 4 is 5.91 Å². The van der Waals surface area contributed by atoms with E-state index in [1.165, 1.54) is 38.6 Å². The summed E-state index contributed by atoms with van der Waals surface area (Å²) in [5.41, 5.74) is 5.92. The van der Waals surface area contributed by atoms with Crippen molar-refractivity contribution in [3.63, 3.8) is 0 Å². The molecule has 4 nitrogen and oxygen atoms in total. The van der Waals surface area contributed by atoms with E-state index >= 15 is 0 Å². The van der Waals surface area contributed by atoms with Gasteiger partial charge in [0.15, 0.2) is 0 Å². The standard InChI is InChI=1S/C16H33N3O/c1-4-5-9-19-10-7-6-8-14(19)12-18-16(20)15(17)11-13(2)3/h13-15H,4-12,17H2,1-3H3,(H,18,20)/t14?,15-/m0/s1. The first-order valence-corrected chi connectivity index (χ1v) is 8.32. The molecule has 0 bridgehead atoms. The Kier molecular flexibility index (Phi) is 8.15. The summed E-state index contributed by atoms with van der Waals surface area (Å²) in [5, 5.41) is 3.06. The lowest BCUT2D eigenvalue weighted by atomic mass is 10.0. The number of rotatable bonds is 8. The number of hydrogen-bond donors (Lipinski definition) is 2. The number of nitrogens with zero attached hydrogens (tertiary/aromatic N) is 1. The minimum Gasteiger partial charge on any atom is -0.353 e. The van der Waals surface area contributed by atoms with Crippen molar-refractivity contribution < 1.29 is 4.79 Å². The molecule has 4 heteroatoms. The van der Waals surface area contributed by atoms with Crippen molar-refractivity contribution in [3.05, 3.63) is 0 Å². The number of carbonyl (C=O) groups is 1. The molecular weight excluding hydrogens is 250 g/mol. The minimum atomic E-state index is -0.359. The maximum atomic E-state index is 12.0. The fourth-order valence-corrected chi connectivity index (χ4v) is 2.91. The Morgan fingerprint density at radius 2 is 2.15 bits per heavy atom. The lowest BCUT2D eigenvalue weighted by molar-refractivity contribution is -0.123. The van der Waals surface area contributed by atoms with Crippen molar-refractivity contribution in [2.45, 2.75) is 71.4 Å². The summed E-state index contributed by atoms with van der Waals surface area (Å²) in [6.45, 7) is 9.52. The molecule has 1 fully saturated rings. The zero-order chi connectivity index (χ0) is 15.0. The number of likely N-dealkylation sites (tertiary alicyclic amines) is 1. The van der Waals surface area contributed by atoms with E-state index in [9.17, 15) is 4.79 Å². The maximum Gasteiger partial charge on any atom is 0.236 e. The fraction of sp³-hybridized carbons (Fsp3) is 0.938. The molecule has 1 heterocycles. The van der Waals surface area contributed by atoms with E-state index in [4.69, 9.17) is 5.73 Å². The molecule has 0 aliphatic carbocycles. The average molecular weight is 283 g/mol. The van der Waals surface area contributed by atoms with Gasteiger partial charge in [-0.25, -0.2) is 0 Å². The quantitative estimate of drug-likeness (QED) is 0.717. The van der Waals surface area contributed by atoms with Crippen LogP contribution in [0.2, 0.25) is 0 Å². The molecule has 1 unspecified atom stereocenters. The van der Waals surface area contributed by atoms with E-state index in [1.54, 1.807) is 0 Å². The van der Waals surface area contributed by atoms with Crippen molar-refractivity contribution in [1.29, 1.82) is 0 Å². The number of piperidine rings is 1. The highest BCUT2D eigenvalue weighted by Gasteiger charge is 2.23. The Balaban J connectivity index is 2.35. The molecule has 0 radical (unpaired) electrons. The van der Waals surface area contributed by atoms with Crippen molar-refractivity contribution in [2.75, 3.05) is 19.6 Å². The summed E-state index contributed by atoms with van der Waals surface area (Å²) >= 11 is 0. The van der Waals surface area contributed by atoms with Crippen LogP contribution in [-0.4, -0.2) is 42.5 Å². The molecular formula is C16H33N3O. The summed E-state index contributed by atoms with van der Waals surface area (Å²) in [7, 11) is 0. The largest absolute Gasteiger partial charge is 0.353 e. The molecule has 0 aromatic carbocycles. The van der Waals surface area contributed by atoms with Crippen LogP contribution in [0.25, 0.3) is 0 Å². The number of hydrogen-bond acceptors (Lipinski definition) is 3. The zero-order valence-electron chi connectivity index (χ0n) is 13.5. The predicted molar refractivity (Wildman–Crippen MR) is 84.6 cm³/mol. The van der Waals surface area contributed by atoms with E-state index < -0.39 is 0 Å². The lowest BCUT2D eigenvalue weighted by Gasteiger charge is -2.36. The normalized spacial score (nSPS) is 21.9. The predicted octanol–water partition coefficient (Wildman–Crippen LogP) is 2.13. The van der Waals surface area contributed by atoms with Crippen LogP contribution < -0.4 is 11.1 Å². The Morgan fingerprint density at radius 3 is 2.80 bits per heavy atom. The van der Waals surface area contributed by atoms with Gasteiger partial charge in [0.1, 0.15) is 0 Å². The molecule has 1 saturated heterocycles. The molecule has 0 spiro atoms. The Labute approximate surface area is 124 Å². The third-order valence-electron chi connectivity index (χ3n) is 4.12. The van der Waals surface area contributed by atoms with E-state index in [0.717, 1.165) is 19.5 Å². The number of nitrogens with one attached hydrogen (secondary N) is 1. The van der Waals surface area contributed by atoms with Crippen LogP contribution in [0.3, 0.4) is 0 Å². The summed E-state index contributed by atoms with van der Waals surface area (Å²) < 4.78 is 0. The van der Waals surface area contributed by atoms with Gasteiger partial charge in [0.25, 0.3) is 0 Å².